The van der Waals surface area contributed by atoms with E-state index in [2.05, 4.69) is 29.4 Å². The highest BCUT2D eigenvalue weighted by atomic mass is 14.8. The minimum Gasteiger partial charge on any atom is -0.382 e. The lowest BCUT2D eigenvalue weighted by Gasteiger charge is -2.03. The molecule has 0 saturated heterocycles. The molecule has 0 amide bonds. The molecule has 1 N–H and O–H groups in total. The van der Waals surface area contributed by atoms with Crippen LogP contribution in [0.15, 0.2) is 78.9 Å². The maximum Gasteiger partial charge on any atom is 0.0342 e. The van der Waals surface area contributed by atoms with Crippen molar-refractivity contribution in [3.8, 4) is 12.3 Å². The van der Waals surface area contributed by atoms with Crippen molar-refractivity contribution >= 4 is 11.3 Å². The van der Waals surface area contributed by atoms with Gasteiger partial charge in [0.1, 0.15) is 0 Å². The predicted octanol–water partition coefficient (Wildman–Crippen LogP) is 4.37. The summed E-state index contributed by atoms with van der Waals surface area (Å²) in [7, 11) is 0. The molecule has 0 heterocycles. The molecule has 0 bridgehead atoms. The van der Waals surface area contributed by atoms with Crippen LogP contribution < -0.4 is 5.32 Å². The molecule has 0 aromatic heterocycles. The van der Waals surface area contributed by atoms with E-state index in [4.69, 9.17) is 6.42 Å². The van der Waals surface area contributed by atoms with Gasteiger partial charge in [0.05, 0.1) is 0 Å². The lowest BCUT2D eigenvalue weighted by Crippen LogP contribution is -1.97. The summed E-state index contributed by atoms with van der Waals surface area (Å²) in [5.41, 5.74) is 3.28. The average Bonchev–Trinajstić information content (AvgIpc) is 2.52. The van der Waals surface area contributed by atoms with E-state index in [1.165, 1.54) is 0 Å². The lowest BCUT2D eigenvalue weighted by molar-refractivity contribution is 1.33. The zero-order chi connectivity index (χ0) is 14.0. The van der Waals surface area contributed by atoms with Crippen molar-refractivity contribution in [1.29, 1.82) is 0 Å². The summed E-state index contributed by atoms with van der Waals surface area (Å²) in [6, 6.07) is 20.2. The summed E-state index contributed by atoms with van der Waals surface area (Å²) in [5, 5.41) is 3.33. The van der Waals surface area contributed by atoms with Crippen molar-refractivity contribution in [3.05, 3.63) is 84.5 Å². The standard InChI is InChI=1S/C19H17N/c1-2-10-17(18-11-5-3-6-12-18)13-9-16-20-19-14-7-4-8-15-19/h1,3-15,20H,16H2/b13-9-,17-10+. The monoisotopic (exact) mass is 259 g/mol. The van der Waals surface area contributed by atoms with E-state index in [1.54, 1.807) is 6.08 Å². The Kier molecular flexibility index (Phi) is 5.25. The third-order valence-corrected chi connectivity index (χ3v) is 2.84. The number of terminal acetylenes is 1. The molecule has 0 unspecified atom stereocenters. The summed E-state index contributed by atoms with van der Waals surface area (Å²) in [4.78, 5) is 0. The largest absolute Gasteiger partial charge is 0.382 e. The van der Waals surface area contributed by atoms with Crippen LogP contribution in [0.4, 0.5) is 5.69 Å². The van der Waals surface area contributed by atoms with E-state index in [-0.39, 0.29) is 0 Å². The van der Waals surface area contributed by atoms with Crippen LogP contribution in [-0.2, 0) is 0 Å². The van der Waals surface area contributed by atoms with Crippen LogP contribution >= 0.6 is 0 Å². The molecule has 98 valence electrons. The molecular formula is C19H17N. The Balaban J connectivity index is 1.98. The SMILES string of the molecule is C#C/C=C(\C=C/CNc1ccccc1)c1ccccc1. The molecule has 0 atom stereocenters. The quantitative estimate of drug-likeness (QED) is 0.621. The first-order valence-corrected chi connectivity index (χ1v) is 6.57. The van der Waals surface area contributed by atoms with E-state index in [1.807, 2.05) is 54.6 Å². The van der Waals surface area contributed by atoms with E-state index < -0.39 is 0 Å². The molecule has 1 heteroatoms. The molecule has 2 aromatic carbocycles. The molecule has 2 aromatic rings. The Morgan fingerprint density at radius 3 is 2.30 bits per heavy atom. The van der Waals surface area contributed by atoms with Gasteiger partial charge in [-0.15, -0.1) is 6.42 Å². The van der Waals surface area contributed by atoms with Crippen molar-refractivity contribution in [2.75, 3.05) is 11.9 Å². The fourth-order valence-electron chi connectivity index (χ4n) is 1.87. The normalized spacial score (nSPS) is 11.2. The minimum atomic E-state index is 0.763. The first kappa shape index (κ1) is 13.7. The average molecular weight is 259 g/mol. The minimum absolute atomic E-state index is 0.763. The molecule has 20 heavy (non-hydrogen) atoms. The molecule has 0 fully saturated rings. The van der Waals surface area contributed by atoms with Crippen LogP contribution in [-0.4, -0.2) is 6.54 Å². The van der Waals surface area contributed by atoms with Crippen molar-refractivity contribution in [2.45, 2.75) is 0 Å². The highest BCUT2D eigenvalue weighted by Crippen LogP contribution is 2.15. The maximum absolute atomic E-state index is 5.39. The second-order valence-electron chi connectivity index (χ2n) is 4.28. The number of allylic oxidation sites excluding steroid dienone is 3. The second kappa shape index (κ2) is 7.66. The van der Waals surface area contributed by atoms with Gasteiger partial charge >= 0.3 is 0 Å². The van der Waals surface area contributed by atoms with Crippen LogP contribution in [0.1, 0.15) is 5.56 Å². The van der Waals surface area contributed by atoms with Crippen molar-refractivity contribution in [1.82, 2.24) is 0 Å². The first-order chi connectivity index (χ1) is 9.90. The first-order valence-electron chi connectivity index (χ1n) is 6.57. The predicted molar refractivity (Wildman–Crippen MR) is 87.3 cm³/mol. The van der Waals surface area contributed by atoms with Gasteiger partial charge in [-0.25, -0.2) is 0 Å². The summed E-state index contributed by atoms with van der Waals surface area (Å²) < 4.78 is 0. The van der Waals surface area contributed by atoms with Gasteiger partial charge in [-0.1, -0.05) is 66.6 Å². The van der Waals surface area contributed by atoms with Gasteiger partial charge in [-0.2, -0.15) is 0 Å². The zero-order valence-corrected chi connectivity index (χ0v) is 11.3. The molecule has 0 spiro atoms. The summed E-state index contributed by atoms with van der Waals surface area (Å²) in [6.07, 6.45) is 11.3. The Morgan fingerprint density at radius 1 is 1.00 bits per heavy atom. The van der Waals surface area contributed by atoms with Crippen LogP contribution in [0.3, 0.4) is 0 Å². The number of anilines is 1. The van der Waals surface area contributed by atoms with E-state index >= 15 is 0 Å². The van der Waals surface area contributed by atoms with Crippen LogP contribution in [0.25, 0.3) is 5.57 Å². The molecule has 0 radical (unpaired) electrons. The summed E-state index contributed by atoms with van der Waals surface area (Å²) in [6.45, 7) is 0.763. The van der Waals surface area contributed by atoms with Gasteiger partial charge in [-0.3, -0.25) is 0 Å². The van der Waals surface area contributed by atoms with Gasteiger partial charge in [0.15, 0.2) is 0 Å². The van der Waals surface area contributed by atoms with Gasteiger partial charge in [-0.05, 0) is 29.3 Å². The van der Waals surface area contributed by atoms with Crippen LogP contribution in [0, 0.1) is 12.3 Å². The third kappa shape index (κ3) is 4.19. The Hall–Kier alpha value is -2.72. The highest BCUT2D eigenvalue weighted by molar-refractivity contribution is 5.75. The Labute approximate surface area is 120 Å². The Morgan fingerprint density at radius 2 is 1.65 bits per heavy atom. The lowest BCUT2D eigenvalue weighted by atomic mass is 10.1. The second-order valence-corrected chi connectivity index (χ2v) is 4.28. The molecule has 0 aliphatic carbocycles. The molecule has 0 aliphatic rings. The van der Waals surface area contributed by atoms with Crippen LogP contribution in [0.2, 0.25) is 0 Å². The number of benzene rings is 2. The van der Waals surface area contributed by atoms with E-state index in [0.717, 1.165) is 23.4 Å². The number of nitrogens with one attached hydrogen (secondary N) is 1. The number of para-hydroxylation sites is 1. The van der Waals surface area contributed by atoms with E-state index in [9.17, 15) is 0 Å². The number of rotatable bonds is 5. The molecule has 0 saturated carbocycles. The maximum atomic E-state index is 5.39. The van der Waals surface area contributed by atoms with E-state index in [0.29, 0.717) is 0 Å². The van der Waals surface area contributed by atoms with Gasteiger partial charge in [0, 0.05) is 12.2 Å². The third-order valence-electron chi connectivity index (χ3n) is 2.84. The number of hydrogen-bond donors (Lipinski definition) is 1. The number of hydrogen-bond acceptors (Lipinski definition) is 1. The van der Waals surface area contributed by atoms with Crippen LogP contribution in [0.5, 0.6) is 0 Å². The topological polar surface area (TPSA) is 12.0 Å². The zero-order valence-electron chi connectivity index (χ0n) is 11.3. The molecule has 2 rings (SSSR count). The van der Waals surface area contributed by atoms with Crippen molar-refractivity contribution in [3.63, 3.8) is 0 Å². The van der Waals surface area contributed by atoms with Gasteiger partial charge < -0.3 is 5.32 Å². The molecule has 0 aliphatic heterocycles. The molecule has 1 nitrogen and oxygen atoms in total. The van der Waals surface area contributed by atoms with Crippen molar-refractivity contribution in [2.24, 2.45) is 0 Å². The fourth-order valence-corrected chi connectivity index (χ4v) is 1.87. The Bertz CT molecular complexity index is 616. The highest BCUT2D eigenvalue weighted by Gasteiger charge is 1.95. The van der Waals surface area contributed by atoms with Gasteiger partial charge in [0.25, 0.3) is 0 Å². The summed E-state index contributed by atoms with van der Waals surface area (Å²) in [5.74, 6) is 2.59. The smallest absolute Gasteiger partial charge is 0.0342 e. The summed E-state index contributed by atoms with van der Waals surface area (Å²) >= 11 is 0. The molecular weight excluding hydrogens is 242 g/mol. The van der Waals surface area contributed by atoms with Gasteiger partial charge in [0.2, 0.25) is 0 Å². The fraction of sp³-hybridized carbons (Fsp3) is 0.0526. The van der Waals surface area contributed by atoms with Crippen molar-refractivity contribution < 1.29 is 0 Å².